The van der Waals surface area contributed by atoms with E-state index in [1.165, 1.54) is 11.3 Å². The summed E-state index contributed by atoms with van der Waals surface area (Å²) >= 11 is 1.36. The zero-order valence-corrected chi connectivity index (χ0v) is 16.9. The number of carbonyl (C=O) groups excluding carboxylic acids is 2. The Morgan fingerprint density at radius 2 is 1.93 bits per heavy atom. The standard InChI is InChI=1S/C22H20N4O2S/c1-13-6-5-7-15(10-13)21(28)23-11-19(27)26-22-25-18(12-29-22)20-14(2)24-17-9-4-3-8-16(17)20/h3-10,12,24H,11H2,1-2H3,(H,23,28)(H,25,26,27). The maximum Gasteiger partial charge on any atom is 0.251 e. The fraction of sp³-hybridized carbons (Fsp3) is 0.136. The molecule has 0 unspecified atom stereocenters. The van der Waals surface area contributed by atoms with Crippen LogP contribution in [0.5, 0.6) is 0 Å². The number of aryl methyl sites for hydroxylation is 2. The first-order valence-corrected chi connectivity index (χ1v) is 10.1. The molecular formula is C22H20N4O2S. The van der Waals surface area contributed by atoms with E-state index in [2.05, 4.69) is 20.6 Å². The monoisotopic (exact) mass is 404 g/mol. The molecule has 0 bridgehead atoms. The minimum Gasteiger partial charge on any atom is -0.358 e. The van der Waals surface area contributed by atoms with Crippen molar-refractivity contribution < 1.29 is 9.59 Å². The first kappa shape index (κ1) is 18.9. The number of aromatic nitrogens is 2. The van der Waals surface area contributed by atoms with E-state index in [4.69, 9.17) is 0 Å². The van der Waals surface area contributed by atoms with Crippen LogP contribution in [-0.2, 0) is 4.79 Å². The number of rotatable bonds is 5. The molecule has 0 fully saturated rings. The summed E-state index contributed by atoms with van der Waals surface area (Å²) < 4.78 is 0. The van der Waals surface area contributed by atoms with Gasteiger partial charge >= 0.3 is 0 Å². The lowest BCUT2D eigenvalue weighted by atomic mass is 10.1. The van der Waals surface area contributed by atoms with Crippen LogP contribution in [0.2, 0.25) is 0 Å². The summed E-state index contributed by atoms with van der Waals surface area (Å²) in [6.07, 6.45) is 0. The molecule has 2 amide bonds. The minimum atomic E-state index is -0.317. The number of nitrogens with one attached hydrogen (secondary N) is 3. The molecular weight excluding hydrogens is 384 g/mol. The Balaban J connectivity index is 1.42. The molecule has 0 saturated carbocycles. The van der Waals surface area contributed by atoms with Gasteiger partial charge in [0.25, 0.3) is 5.91 Å². The molecule has 29 heavy (non-hydrogen) atoms. The Labute approximate surface area is 172 Å². The third kappa shape index (κ3) is 4.05. The van der Waals surface area contributed by atoms with Crippen LogP contribution in [0.3, 0.4) is 0 Å². The molecule has 2 heterocycles. The van der Waals surface area contributed by atoms with Crippen molar-refractivity contribution in [1.29, 1.82) is 0 Å². The van der Waals surface area contributed by atoms with Gasteiger partial charge in [0.2, 0.25) is 5.91 Å². The number of H-pyrrole nitrogens is 1. The van der Waals surface area contributed by atoms with Crippen molar-refractivity contribution in [3.05, 3.63) is 70.7 Å². The van der Waals surface area contributed by atoms with Crippen LogP contribution >= 0.6 is 11.3 Å². The molecule has 0 spiro atoms. The normalized spacial score (nSPS) is 10.8. The molecule has 2 aromatic carbocycles. The molecule has 0 radical (unpaired) electrons. The van der Waals surface area contributed by atoms with E-state index in [1.54, 1.807) is 12.1 Å². The van der Waals surface area contributed by atoms with E-state index in [1.807, 2.05) is 55.6 Å². The molecule has 0 aliphatic rings. The third-order valence-corrected chi connectivity index (χ3v) is 5.35. The van der Waals surface area contributed by atoms with Gasteiger partial charge in [-0.25, -0.2) is 4.98 Å². The maximum atomic E-state index is 12.2. The maximum absolute atomic E-state index is 12.2. The fourth-order valence-electron chi connectivity index (χ4n) is 3.27. The quantitative estimate of drug-likeness (QED) is 0.464. The first-order chi connectivity index (χ1) is 14.0. The van der Waals surface area contributed by atoms with Crippen molar-refractivity contribution >= 4 is 39.2 Å². The molecule has 0 aliphatic carbocycles. The zero-order chi connectivity index (χ0) is 20.4. The topological polar surface area (TPSA) is 86.9 Å². The van der Waals surface area contributed by atoms with E-state index in [-0.39, 0.29) is 18.4 Å². The van der Waals surface area contributed by atoms with Gasteiger partial charge in [-0.3, -0.25) is 9.59 Å². The van der Waals surface area contributed by atoms with Gasteiger partial charge in [0, 0.05) is 33.1 Å². The summed E-state index contributed by atoms with van der Waals surface area (Å²) in [6.45, 7) is 3.81. The fourth-order valence-corrected chi connectivity index (χ4v) is 3.98. The van der Waals surface area contributed by atoms with Crippen LogP contribution < -0.4 is 10.6 Å². The summed E-state index contributed by atoms with van der Waals surface area (Å²) in [5.41, 5.74) is 5.44. The molecule has 0 atom stereocenters. The number of aromatic amines is 1. The average Bonchev–Trinajstić information content (AvgIpc) is 3.28. The zero-order valence-electron chi connectivity index (χ0n) is 16.1. The van der Waals surface area contributed by atoms with E-state index in [0.29, 0.717) is 10.7 Å². The molecule has 0 saturated heterocycles. The summed E-state index contributed by atoms with van der Waals surface area (Å²) in [5.74, 6) is -0.597. The number of fused-ring (bicyclic) bond motifs is 1. The number of nitrogens with zero attached hydrogens (tertiary/aromatic N) is 1. The van der Waals surface area contributed by atoms with Gasteiger partial charge in [-0.05, 0) is 32.0 Å². The van der Waals surface area contributed by atoms with Crippen LogP contribution in [0.4, 0.5) is 5.13 Å². The van der Waals surface area contributed by atoms with Gasteiger partial charge < -0.3 is 15.6 Å². The van der Waals surface area contributed by atoms with Gasteiger partial charge in [0.15, 0.2) is 5.13 Å². The number of thiazole rings is 1. The highest BCUT2D eigenvalue weighted by atomic mass is 32.1. The number of hydrogen-bond donors (Lipinski definition) is 3. The third-order valence-electron chi connectivity index (χ3n) is 4.59. The molecule has 146 valence electrons. The van der Waals surface area contributed by atoms with Crippen molar-refractivity contribution in [1.82, 2.24) is 15.3 Å². The number of amides is 2. The van der Waals surface area contributed by atoms with Crippen molar-refractivity contribution in [2.24, 2.45) is 0 Å². The highest BCUT2D eigenvalue weighted by molar-refractivity contribution is 7.14. The number of para-hydroxylation sites is 1. The molecule has 4 aromatic rings. The predicted octanol–water partition coefficient (Wildman–Crippen LogP) is 4.28. The second-order valence-electron chi connectivity index (χ2n) is 6.81. The number of benzene rings is 2. The van der Waals surface area contributed by atoms with Crippen LogP contribution in [0, 0.1) is 13.8 Å². The van der Waals surface area contributed by atoms with Gasteiger partial charge in [-0.2, -0.15) is 0 Å². The number of carbonyl (C=O) groups is 2. The highest BCUT2D eigenvalue weighted by Crippen LogP contribution is 2.33. The lowest BCUT2D eigenvalue weighted by molar-refractivity contribution is -0.115. The van der Waals surface area contributed by atoms with E-state index < -0.39 is 0 Å². The molecule has 0 aliphatic heterocycles. The minimum absolute atomic E-state index is 0.117. The average molecular weight is 404 g/mol. The Bertz CT molecular complexity index is 1210. The van der Waals surface area contributed by atoms with Crippen molar-refractivity contribution in [2.45, 2.75) is 13.8 Å². The predicted molar refractivity (Wildman–Crippen MR) is 116 cm³/mol. The van der Waals surface area contributed by atoms with Crippen LogP contribution in [0.15, 0.2) is 53.9 Å². The molecule has 6 nitrogen and oxygen atoms in total. The SMILES string of the molecule is Cc1cccc(C(=O)NCC(=O)Nc2nc(-c3c(C)[nH]c4ccccc34)cs2)c1. The number of anilines is 1. The van der Waals surface area contributed by atoms with E-state index in [0.717, 1.165) is 33.4 Å². The molecule has 7 heteroatoms. The molecule has 3 N–H and O–H groups in total. The van der Waals surface area contributed by atoms with Crippen LogP contribution in [0.1, 0.15) is 21.6 Å². The van der Waals surface area contributed by atoms with Gasteiger partial charge in [-0.1, -0.05) is 35.9 Å². The lowest BCUT2D eigenvalue weighted by Gasteiger charge is -2.05. The van der Waals surface area contributed by atoms with Crippen LogP contribution in [-0.4, -0.2) is 28.3 Å². The largest absolute Gasteiger partial charge is 0.358 e. The Morgan fingerprint density at radius 1 is 1.10 bits per heavy atom. The molecule has 2 aromatic heterocycles. The lowest BCUT2D eigenvalue weighted by Crippen LogP contribution is -2.32. The second kappa shape index (κ2) is 7.89. The summed E-state index contributed by atoms with van der Waals surface area (Å²) in [6, 6.07) is 15.3. The van der Waals surface area contributed by atoms with Gasteiger partial charge in [-0.15, -0.1) is 11.3 Å². The summed E-state index contributed by atoms with van der Waals surface area (Å²) in [7, 11) is 0. The summed E-state index contributed by atoms with van der Waals surface area (Å²) in [5, 5.41) is 8.90. The smallest absolute Gasteiger partial charge is 0.251 e. The van der Waals surface area contributed by atoms with Gasteiger partial charge in [0.05, 0.1) is 12.2 Å². The van der Waals surface area contributed by atoms with Crippen molar-refractivity contribution in [3.8, 4) is 11.3 Å². The van der Waals surface area contributed by atoms with Crippen molar-refractivity contribution in [2.75, 3.05) is 11.9 Å². The van der Waals surface area contributed by atoms with Gasteiger partial charge in [0.1, 0.15) is 0 Å². The Kier molecular flexibility index (Phi) is 5.14. The Morgan fingerprint density at radius 3 is 2.76 bits per heavy atom. The summed E-state index contributed by atoms with van der Waals surface area (Å²) in [4.78, 5) is 32.3. The van der Waals surface area contributed by atoms with E-state index >= 15 is 0 Å². The second-order valence-corrected chi connectivity index (χ2v) is 7.67. The molecule has 4 rings (SSSR count). The van der Waals surface area contributed by atoms with Crippen LogP contribution in [0.25, 0.3) is 22.2 Å². The first-order valence-electron chi connectivity index (χ1n) is 9.19. The highest BCUT2D eigenvalue weighted by Gasteiger charge is 2.15. The Hall–Kier alpha value is -3.45. The van der Waals surface area contributed by atoms with E-state index in [9.17, 15) is 9.59 Å². The van der Waals surface area contributed by atoms with Crippen molar-refractivity contribution in [3.63, 3.8) is 0 Å². The number of hydrogen-bond acceptors (Lipinski definition) is 4.